The Balaban J connectivity index is 1.48. The Morgan fingerprint density at radius 2 is 1.93 bits per heavy atom. The van der Waals surface area contributed by atoms with Gasteiger partial charge in [0.1, 0.15) is 11.5 Å². The van der Waals surface area contributed by atoms with E-state index >= 15 is 0 Å². The summed E-state index contributed by atoms with van der Waals surface area (Å²) in [5, 5.41) is 11.6. The molecule has 2 aliphatic rings. The molecule has 0 amide bonds. The Morgan fingerprint density at radius 1 is 1.17 bits per heavy atom. The number of likely N-dealkylation sites (tertiary alicyclic amines) is 1. The minimum absolute atomic E-state index is 0.142. The number of Topliss-reactive ketones (excluding diaryl/α,β-unsaturated/α-hetero) is 1. The molecule has 0 radical (unpaired) electrons. The Morgan fingerprint density at radius 3 is 2.73 bits per heavy atom. The highest BCUT2D eigenvalue weighted by Crippen LogP contribution is 2.41. The number of allylic oxidation sites excluding steroid dienone is 1. The van der Waals surface area contributed by atoms with Gasteiger partial charge in [0.05, 0.1) is 11.1 Å². The number of phenols is 1. The van der Waals surface area contributed by atoms with Gasteiger partial charge in [-0.3, -0.25) is 9.69 Å². The van der Waals surface area contributed by atoms with E-state index in [4.69, 9.17) is 4.74 Å². The number of ketones is 1. The molecule has 2 N–H and O–H groups in total. The molecule has 2 aromatic carbocycles. The largest absolute Gasteiger partial charge is 0.507 e. The predicted octanol–water partition coefficient (Wildman–Crippen LogP) is 4.97. The van der Waals surface area contributed by atoms with Crippen molar-refractivity contribution in [3.05, 3.63) is 65.0 Å². The van der Waals surface area contributed by atoms with E-state index in [1.54, 1.807) is 18.2 Å². The lowest BCUT2D eigenvalue weighted by atomic mass is 9.91. The first-order valence-corrected chi connectivity index (χ1v) is 10.6. The van der Waals surface area contributed by atoms with E-state index in [2.05, 4.69) is 23.7 Å². The van der Waals surface area contributed by atoms with Crippen LogP contribution in [0.5, 0.6) is 11.5 Å². The van der Waals surface area contributed by atoms with Crippen molar-refractivity contribution < 1.29 is 14.6 Å². The van der Waals surface area contributed by atoms with E-state index in [0.29, 0.717) is 41.0 Å². The minimum atomic E-state index is -0.142. The highest BCUT2D eigenvalue weighted by molar-refractivity contribution is 6.15. The molecule has 0 spiro atoms. The van der Waals surface area contributed by atoms with Gasteiger partial charge in [0.25, 0.3) is 0 Å². The molecule has 0 aliphatic carbocycles. The summed E-state index contributed by atoms with van der Waals surface area (Å²) in [4.78, 5) is 18.6. The maximum Gasteiger partial charge on any atom is 0.231 e. The third kappa shape index (κ3) is 3.29. The maximum atomic E-state index is 13.0. The second-order valence-electron chi connectivity index (χ2n) is 8.81. The number of carbonyl (C=O) groups excluding carboxylic acids is 1. The minimum Gasteiger partial charge on any atom is -0.507 e. The van der Waals surface area contributed by atoms with Crippen molar-refractivity contribution in [1.82, 2.24) is 9.88 Å². The first-order valence-electron chi connectivity index (χ1n) is 10.6. The van der Waals surface area contributed by atoms with Crippen molar-refractivity contribution in [2.24, 2.45) is 11.8 Å². The van der Waals surface area contributed by atoms with E-state index in [1.165, 1.54) is 6.42 Å². The third-order valence-electron chi connectivity index (χ3n) is 6.15. The van der Waals surface area contributed by atoms with Crippen molar-refractivity contribution in [3.63, 3.8) is 0 Å². The van der Waals surface area contributed by atoms with Crippen LogP contribution in [0.2, 0.25) is 0 Å². The Bertz CT molecular complexity index is 1150. The predicted molar refractivity (Wildman–Crippen MR) is 118 cm³/mol. The van der Waals surface area contributed by atoms with E-state index in [1.807, 2.05) is 30.5 Å². The van der Waals surface area contributed by atoms with Crippen LogP contribution < -0.4 is 4.74 Å². The lowest BCUT2D eigenvalue weighted by Crippen LogP contribution is -2.38. The molecule has 5 heteroatoms. The molecule has 0 bridgehead atoms. The quantitative estimate of drug-likeness (QED) is 0.607. The van der Waals surface area contributed by atoms with Crippen molar-refractivity contribution in [3.8, 4) is 11.5 Å². The Hall–Kier alpha value is -3.05. The van der Waals surface area contributed by atoms with Crippen LogP contribution in [0.25, 0.3) is 17.0 Å². The van der Waals surface area contributed by atoms with Gasteiger partial charge in [0, 0.05) is 42.3 Å². The molecule has 2 atom stereocenters. The topological polar surface area (TPSA) is 65.6 Å². The van der Waals surface area contributed by atoms with Crippen LogP contribution in [0.3, 0.4) is 0 Å². The van der Waals surface area contributed by atoms with Gasteiger partial charge >= 0.3 is 0 Å². The number of fused-ring (bicyclic) bond motifs is 2. The molecule has 5 nitrogen and oxygen atoms in total. The van der Waals surface area contributed by atoms with E-state index in [9.17, 15) is 9.90 Å². The zero-order chi connectivity index (χ0) is 20.8. The summed E-state index contributed by atoms with van der Waals surface area (Å²) in [5.74, 6) is 2.07. The number of ether oxygens (including phenoxy) is 1. The van der Waals surface area contributed by atoms with Crippen LogP contribution in [0, 0.1) is 11.8 Å². The van der Waals surface area contributed by atoms with Gasteiger partial charge in [-0.15, -0.1) is 0 Å². The number of nitrogens with one attached hydrogen (secondary N) is 1. The molecule has 1 aromatic heterocycles. The monoisotopic (exact) mass is 402 g/mol. The number of aromatic amines is 1. The van der Waals surface area contributed by atoms with Gasteiger partial charge in [-0.05, 0) is 42.5 Å². The SMILES string of the molecule is C[C@@H]1C[C@@H](C)CN(Cc2c(O)ccc3c2O/C(=C/c2c[nH]c4ccccc24)C3=O)C1. The molecule has 154 valence electrons. The molecular formula is C25H26N2O3. The summed E-state index contributed by atoms with van der Waals surface area (Å²) in [6.07, 6.45) is 4.89. The zero-order valence-electron chi connectivity index (χ0n) is 17.3. The van der Waals surface area contributed by atoms with Gasteiger partial charge in [-0.1, -0.05) is 32.0 Å². The fourth-order valence-electron chi connectivity index (χ4n) is 4.95. The summed E-state index contributed by atoms with van der Waals surface area (Å²) in [5.41, 5.74) is 3.14. The standard InChI is InChI=1S/C25H26N2O3/c1-15-9-16(2)13-27(12-15)14-20-22(28)8-7-19-24(29)23(30-25(19)20)10-17-11-26-21-6-4-3-5-18(17)21/h3-8,10-11,15-16,26,28H,9,12-14H2,1-2H3/b23-10+/t15-,16-/m1/s1. The summed E-state index contributed by atoms with van der Waals surface area (Å²) >= 11 is 0. The molecular weight excluding hydrogens is 376 g/mol. The van der Waals surface area contributed by atoms with Gasteiger partial charge < -0.3 is 14.8 Å². The Labute approximate surface area is 176 Å². The fraction of sp³-hybridized carbons (Fsp3) is 0.320. The molecule has 3 aromatic rings. The van der Waals surface area contributed by atoms with Gasteiger partial charge in [0.15, 0.2) is 5.76 Å². The maximum absolute atomic E-state index is 13.0. The zero-order valence-corrected chi connectivity index (χ0v) is 17.3. The Kier molecular flexibility index (Phi) is 4.63. The molecule has 0 saturated carbocycles. The molecule has 3 heterocycles. The second kappa shape index (κ2) is 7.33. The van der Waals surface area contributed by atoms with Crippen molar-refractivity contribution in [2.45, 2.75) is 26.8 Å². The van der Waals surface area contributed by atoms with E-state index < -0.39 is 0 Å². The number of rotatable bonds is 3. The molecule has 2 aliphatic heterocycles. The first-order chi connectivity index (χ1) is 14.5. The van der Waals surface area contributed by atoms with Crippen LogP contribution >= 0.6 is 0 Å². The number of hydrogen-bond acceptors (Lipinski definition) is 4. The summed E-state index contributed by atoms with van der Waals surface area (Å²) in [7, 11) is 0. The highest BCUT2D eigenvalue weighted by Gasteiger charge is 2.32. The molecule has 30 heavy (non-hydrogen) atoms. The lowest BCUT2D eigenvalue weighted by Gasteiger charge is -2.35. The third-order valence-corrected chi connectivity index (χ3v) is 6.15. The van der Waals surface area contributed by atoms with E-state index in [0.717, 1.165) is 29.6 Å². The number of carbonyl (C=O) groups is 1. The average Bonchev–Trinajstić information content (AvgIpc) is 3.25. The lowest BCUT2D eigenvalue weighted by molar-refractivity contribution is 0.101. The van der Waals surface area contributed by atoms with Crippen molar-refractivity contribution in [2.75, 3.05) is 13.1 Å². The number of phenolic OH excluding ortho intramolecular Hbond substituents is 1. The molecule has 1 fully saturated rings. The van der Waals surface area contributed by atoms with Crippen LogP contribution in [0.15, 0.2) is 48.4 Å². The van der Waals surface area contributed by atoms with Crippen LogP contribution in [-0.2, 0) is 6.54 Å². The number of hydrogen-bond donors (Lipinski definition) is 2. The molecule has 5 rings (SSSR count). The summed E-state index contributed by atoms with van der Waals surface area (Å²) in [6, 6.07) is 11.2. The van der Waals surface area contributed by atoms with Crippen molar-refractivity contribution in [1.29, 1.82) is 0 Å². The molecule has 0 unspecified atom stereocenters. The summed E-state index contributed by atoms with van der Waals surface area (Å²) in [6.45, 7) is 7.08. The number of benzene rings is 2. The number of aromatic hydroxyl groups is 1. The average molecular weight is 402 g/mol. The van der Waals surface area contributed by atoms with Gasteiger partial charge in [-0.2, -0.15) is 0 Å². The van der Waals surface area contributed by atoms with Crippen molar-refractivity contribution >= 4 is 22.8 Å². The van der Waals surface area contributed by atoms with Gasteiger partial charge in [0.2, 0.25) is 5.78 Å². The van der Waals surface area contributed by atoms with Crippen LogP contribution in [0.1, 0.15) is 41.8 Å². The van der Waals surface area contributed by atoms with Gasteiger partial charge in [-0.25, -0.2) is 0 Å². The highest BCUT2D eigenvalue weighted by atomic mass is 16.5. The normalized spacial score (nSPS) is 23.1. The number of H-pyrrole nitrogens is 1. The fourth-order valence-corrected chi connectivity index (χ4v) is 4.95. The number of para-hydroxylation sites is 1. The number of piperidine rings is 1. The summed E-state index contributed by atoms with van der Waals surface area (Å²) < 4.78 is 6.06. The van der Waals surface area contributed by atoms with Crippen LogP contribution in [-0.4, -0.2) is 33.9 Å². The first kappa shape index (κ1) is 18.9. The second-order valence-corrected chi connectivity index (χ2v) is 8.81. The smallest absolute Gasteiger partial charge is 0.231 e. The van der Waals surface area contributed by atoms with E-state index in [-0.39, 0.29) is 11.5 Å². The number of nitrogens with zero attached hydrogens (tertiary/aromatic N) is 1. The number of aromatic nitrogens is 1. The van der Waals surface area contributed by atoms with Crippen LogP contribution in [0.4, 0.5) is 0 Å². The molecule has 1 saturated heterocycles.